The van der Waals surface area contributed by atoms with Crippen molar-refractivity contribution < 1.29 is 23.4 Å². The molecule has 0 spiro atoms. The van der Waals surface area contributed by atoms with Crippen molar-refractivity contribution in [2.24, 2.45) is 5.92 Å². The summed E-state index contributed by atoms with van der Waals surface area (Å²) in [7, 11) is 0. The summed E-state index contributed by atoms with van der Waals surface area (Å²) in [6.45, 7) is -0.813. The lowest BCUT2D eigenvalue weighted by Gasteiger charge is -2.38. The lowest BCUT2D eigenvalue weighted by molar-refractivity contribution is -0.0493. The number of piperidine rings is 1. The van der Waals surface area contributed by atoms with Crippen molar-refractivity contribution >= 4 is 11.7 Å². The molecule has 1 aliphatic rings. The van der Waals surface area contributed by atoms with E-state index in [1.807, 2.05) is 18.2 Å². The number of carbonyl (C=O) groups is 1. The standard InChI is InChI=1S/C21H25F2N3O3/c22-20(23)29-19-9-5-4-8-18(19)25-21(28)24-17-10-11-26(13-16(17)14-27)12-15-6-2-1-3-7-15/h1-9,16-17,20,27H,10-14H2,(H2,24,25,28)/t16-,17+/m0/s1. The van der Waals surface area contributed by atoms with E-state index in [4.69, 9.17) is 0 Å². The van der Waals surface area contributed by atoms with Crippen LogP contribution in [-0.2, 0) is 6.54 Å². The van der Waals surface area contributed by atoms with Crippen molar-refractivity contribution in [3.63, 3.8) is 0 Å². The van der Waals surface area contributed by atoms with Gasteiger partial charge in [-0.25, -0.2) is 4.79 Å². The molecule has 8 heteroatoms. The first-order chi connectivity index (χ1) is 14.0. The molecule has 1 fully saturated rings. The molecule has 0 radical (unpaired) electrons. The highest BCUT2D eigenvalue weighted by Crippen LogP contribution is 2.26. The van der Waals surface area contributed by atoms with Gasteiger partial charge in [0.05, 0.1) is 5.69 Å². The monoisotopic (exact) mass is 405 g/mol. The third kappa shape index (κ3) is 6.13. The molecule has 29 heavy (non-hydrogen) atoms. The second-order valence-corrected chi connectivity index (χ2v) is 7.03. The number of nitrogens with zero attached hydrogens (tertiary/aromatic N) is 1. The Morgan fingerprint density at radius 1 is 1.17 bits per heavy atom. The number of aliphatic hydroxyl groups is 1. The van der Waals surface area contributed by atoms with E-state index in [0.717, 1.165) is 13.1 Å². The SMILES string of the molecule is O=C(Nc1ccccc1OC(F)F)N[C@@H]1CCN(Cc2ccccc2)C[C@H]1CO. The van der Waals surface area contributed by atoms with Crippen LogP contribution in [0, 0.1) is 5.92 Å². The number of amides is 2. The van der Waals surface area contributed by atoms with Gasteiger partial charge in [-0.3, -0.25) is 4.90 Å². The van der Waals surface area contributed by atoms with Crippen LogP contribution in [0.15, 0.2) is 54.6 Å². The van der Waals surface area contributed by atoms with Gasteiger partial charge in [-0.15, -0.1) is 0 Å². The van der Waals surface area contributed by atoms with Gasteiger partial charge in [0.25, 0.3) is 0 Å². The largest absolute Gasteiger partial charge is 0.433 e. The van der Waals surface area contributed by atoms with E-state index < -0.39 is 12.6 Å². The number of aliphatic hydroxyl groups excluding tert-OH is 1. The fourth-order valence-electron chi connectivity index (χ4n) is 3.56. The maximum atomic E-state index is 12.5. The van der Waals surface area contributed by atoms with Gasteiger partial charge >= 0.3 is 12.6 Å². The van der Waals surface area contributed by atoms with E-state index in [1.54, 1.807) is 12.1 Å². The first-order valence-corrected chi connectivity index (χ1v) is 9.53. The maximum absolute atomic E-state index is 12.5. The number of ether oxygens (including phenoxy) is 1. The lowest BCUT2D eigenvalue weighted by Crippen LogP contribution is -2.52. The van der Waals surface area contributed by atoms with Crippen molar-refractivity contribution in [2.75, 3.05) is 25.0 Å². The van der Waals surface area contributed by atoms with Crippen LogP contribution in [0.3, 0.4) is 0 Å². The zero-order valence-electron chi connectivity index (χ0n) is 15.9. The van der Waals surface area contributed by atoms with Gasteiger partial charge in [0, 0.05) is 38.2 Å². The molecular formula is C21H25F2N3O3. The van der Waals surface area contributed by atoms with Gasteiger partial charge in [-0.05, 0) is 24.1 Å². The van der Waals surface area contributed by atoms with Crippen LogP contribution in [0.4, 0.5) is 19.3 Å². The molecule has 2 atom stereocenters. The molecule has 0 aliphatic carbocycles. The summed E-state index contributed by atoms with van der Waals surface area (Å²) in [5.41, 5.74) is 1.36. The Labute approximate surface area is 168 Å². The van der Waals surface area contributed by atoms with Gasteiger partial charge in [0.1, 0.15) is 5.75 Å². The Bertz CT molecular complexity index is 792. The Hall–Kier alpha value is -2.71. The van der Waals surface area contributed by atoms with E-state index >= 15 is 0 Å². The van der Waals surface area contributed by atoms with Crippen LogP contribution in [0.25, 0.3) is 0 Å². The van der Waals surface area contributed by atoms with Gasteiger partial charge in [-0.2, -0.15) is 8.78 Å². The van der Waals surface area contributed by atoms with E-state index in [-0.39, 0.29) is 30.0 Å². The van der Waals surface area contributed by atoms with Crippen molar-refractivity contribution in [1.82, 2.24) is 10.2 Å². The minimum Gasteiger partial charge on any atom is -0.433 e. The van der Waals surface area contributed by atoms with Crippen LogP contribution in [-0.4, -0.2) is 48.4 Å². The zero-order chi connectivity index (χ0) is 20.6. The summed E-state index contributed by atoms with van der Waals surface area (Å²) in [4.78, 5) is 14.6. The maximum Gasteiger partial charge on any atom is 0.387 e. The molecule has 3 rings (SSSR count). The molecule has 3 N–H and O–H groups in total. The number of nitrogens with one attached hydrogen (secondary N) is 2. The van der Waals surface area contributed by atoms with Gasteiger partial charge in [0.15, 0.2) is 0 Å². The van der Waals surface area contributed by atoms with Crippen LogP contribution in [0.5, 0.6) is 5.75 Å². The third-order valence-corrected chi connectivity index (χ3v) is 4.97. The molecular weight excluding hydrogens is 380 g/mol. The first kappa shape index (κ1) is 21.0. The number of halogens is 2. The molecule has 6 nitrogen and oxygen atoms in total. The quantitative estimate of drug-likeness (QED) is 0.661. The van der Waals surface area contributed by atoms with Crippen molar-refractivity contribution in [3.8, 4) is 5.75 Å². The Morgan fingerprint density at radius 2 is 1.90 bits per heavy atom. The predicted octanol–water partition coefficient (Wildman–Crippen LogP) is 3.29. The summed E-state index contributed by atoms with van der Waals surface area (Å²) in [5, 5.41) is 15.2. The number of alkyl halides is 2. The van der Waals surface area contributed by atoms with E-state index in [2.05, 4.69) is 32.4 Å². The molecule has 2 aromatic rings. The fraction of sp³-hybridized carbons (Fsp3) is 0.381. The van der Waals surface area contributed by atoms with Crippen molar-refractivity contribution in [2.45, 2.75) is 25.6 Å². The number of rotatable bonds is 7. The molecule has 0 unspecified atom stereocenters. The van der Waals surface area contributed by atoms with Gasteiger partial charge in [-0.1, -0.05) is 42.5 Å². The number of carbonyl (C=O) groups excluding carboxylic acids is 1. The highest BCUT2D eigenvalue weighted by Gasteiger charge is 2.30. The molecule has 1 saturated heterocycles. The van der Waals surface area contributed by atoms with Crippen molar-refractivity contribution in [3.05, 3.63) is 60.2 Å². The van der Waals surface area contributed by atoms with Crippen LogP contribution < -0.4 is 15.4 Å². The molecule has 156 valence electrons. The summed E-state index contributed by atoms with van der Waals surface area (Å²) in [6, 6.07) is 15.4. The summed E-state index contributed by atoms with van der Waals surface area (Å²) >= 11 is 0. The average molecular weight is 405 g/mol. The number of hydrogen-bond acceptors (Lipinski definition) is 4. The molecule has 1 heterocycles. The number of anilines is 1. The fourth-order valence-corrected chi connectivity index (χ4v) is 3.56. The molecule has 2 amide bonds. The molecule has 0 saturated carbocycles. The minimum absolute atomic E-state index is 0.0542. The smallest absolute Gasteiger partial charge is 0.387 e. The van der Waals surface area contributed by atoms with E-state index in [0.29, 0.717) is 13.0 Å². The first-order valence-electron chi connectivity index (χ1n) is 9.53. The summed E-state index contributed by atoms with van der Waals surface area (Å²) in [6.07, 6.45) is 0.681. The summed E-state index contributed by atoms with van der Waals surface area (Å²) < 4.78 is 29.5. The highest BCUT2D eigenvalue weighted by atomic mass is 19.3. The third-order valence-electron chi connectivity index (χ3n) is 4.97. The highest BCUT2D eigenvalue weighted by molar-refractivity contribution is 5.91. The number of urea groups is 1. The van der Waals surface area contributed by atoms with Gasteiger partial charge < -0.3 is 20.5 Å². The van der Waals surface area contributed by atoms with Crippen LogP contribution in [0.2, 0.25) is 0 Å². The van der Waals surface area contributed by atoms with Gasteiger partial charge in [0.2, 0.25) is 0 Å². The topological polar surface area (TPSA) is 73.8 Å². The second kappa shape index (κ2) is 10.2. The Kier molecular flexibility index (Phi) is 7.37. The van der Waals surface area contributed by atoms with Crippen LogP contribution >= 0.6 is 0 Å². The van der Waals surface area contributed by atoms with E-state index in [1.165, 1.54) is 17.7 Å². The average Bonchev–Trinajstić information content (AvgIpc) is 2.71. The molecule has 1 aliphatic heterocycles. The number of para-hydroxylation sites is 2. The normalized spacial score (nSPS) is 19.7. The summed E-state index contributed by atoms with van der Waals surface area (Å²) in [5.74, 6) is -0.222. The number of benzene rings is 2. The predicted molar refractivity (Wildman–Crippen MR) is 106 cm³/mol. The zero-order valence-corrected chi connectivity index (χ0v) is 15.9. The Balaban J connectivity index is 1.55. The van der Waals surface area contributed by atoms with E-state index in [9.17, 15) is 18.7 Å². The number of hydrogen-bond donors (Lipinski definition) is 3. The van der Waals surface area contributed by atoms with Crippen molar-refractivity contribution in [1.29, 1.82) is 0 Å². The molecule has 2 aromatic carbocycles. The Morgan fingerprint density at radius 3 is 2.62 bits per heavy atom. The number of likely N-dealkylation sites (tertiary alicyclic amines) is 1. The minimum atomic E-state index is -2.98. The second-order valence-electron chi connectivity index (χ2n) is 7.03. The van der Waals surface area contributed by atoms with Crippen LogP contribution in [0.1, 0.15) is 12.0 Å². The lowest BCUT2D eigenvalue weighted by atomic mass is 9.92. The molecule has 0 bridgehead atoms. The molecule has 0 aromatic heterocycles.